The van der Waals surface area contributed by atoms with Crippen molar-refractivity contribution in [3.63, 3.8) is 0 Å². The lowest BCUT2D eigenvalue weighted by Crippen LogP contribution is -2.32. The molecule has 0 aliphatic heterocycles. The van der Waals surface area contributed by atoms with Crippen LogP contribution in [0.2, 0.25) is 5.02 Å². The van der Waals surface area contributed by atoms with Crippen LogP contribution in [0.25, 0.3) is 0 Å². The molecule has 17 heavy (non-hydrogen) atoms. The van der Waals surface area contributed by atoms with Crippen molar-refractivity contribution in [3.05, 3.63) is 29.3 Å². The number of likely N-dealkylation sites (N-methyl/N-ethyl adjacent to an activating group) is 1. The van der Waals surface area contributed by atoms with Gasteiger partial charge in [0.15, 0.2) is 0 Å². The fraction of sp³-hybridized carbons (Fsp3) is 0.455. The van der Waals surface area contributed by atoms with Gasteiger partial charge in [0.25, 0.3) is 0 Å². The molecule has 1 aromatic rings. The molecule has 0 saturated heterocycles. The van der Waals surface area contributed by atoms with Crippen molar-refractivity contribution in [1.82, 2.24) is 4.31 Å². The third kappa shape index (κ3) is 4.18. The first-order valence-corrected chi connectivity index (χ1v) is 7.27. The number of nitrogens with zero attached hydrogens (tertiary/aromatic N) is 1. The molecule has 0 N–H and O–H groups in total. The van der Waals surface area contributed by atoms with Crippen LogP contribution in [0.5, 0.6) is 5.75 Å². The highest BCUT2D eigenvalue weighted by Crippen LogP contribution is 2.22. The van der Waals surface area contributed by atoms with Crippen LogP contribution in [0, 0.1) is 0 Å². The molecule has 0 aliphatic rings. The first-order chi connectivity index (χ1) is 7.97. The Balaban J connectivity index is 2.47. The molecule has 0 amide bonds. The molecular formula is C11H16ClNO3S. The fourth-order valence-electron chi connectivity index (χ4n) is 1.21. The Morgan fingerprint density at radius 1 is 1.35 bits per heavy atom. The maximum absolute atomic E-state index is 11.5. The van der Waals surface area contributed by atoms with Crippen LogP contribution in [0.3, 0.4) is 0 Å². The summed E-state index contributed by atoms with van der Waals surface area (Å²) in [5, 5.41) is 0.522. The lowest BCUT2D eigenvalue weighted by molar-refractivity contribution is 0.287. The molecular weight excluding hydrogens is 262 g/mol. The van der Waals surface area contributed by atoms with Crippen LogP contribution < -0.4 is 4.74 Å². The quantitative estimate of drug-likeness (QED) is 0.799. The van der Waals surface area contributed by atoms with Gasteiger partial charge < -0.3 is 4.74 Å². The molecule has 0 spiro atoms. The zero-order valence-electron chi connectivity index (χ0n) is 9.89. The van der Waals surface area contributed by atoms with Crippen LogP contribution in [0.1, 0.15) is 6.92 Å². The molecule has 0 atom stereocenters. The number of ether oxygens (including phenoxy) is 1. The largest absolute Gasteiger partial charge is 0.491 e. The molecule has 1 rings (SSSR count). The molecule has 0 unspecified atom stereocenters. The van der Waals surface area contributed by atoms with Crippen molar-refractivity contribution in [2.75, 3.05) is 26.0 Å². The van der Waals surface area contributed by atoms with E-state index in [0.29, 0.717) is 17.3 Å². The van der Waals surface area contributed by atoms with Gasteiger partial charge in [0, 0.05) is 13.6 Å². The maximum Gasteiger partial charge on any atom is 0.213 e. The average molecular weight is 278 g/mol. The summed E-state index contributed by atoms with van der Waals surface area (Å²) in [7, 11) is -1.61. The van der Waals surface area contributed by atoms with Gasteiger partial charge in [-0.05, 0) is 19.1 Å². The van der Waals surface area contributed by atoms with Gasteiger partial charge in [-0.2, -0.15) is 0 Å². The van der Waals surface area contributed by atoms with E-state index in [-0.39, 0.29) is 12.4 Å². The number of halogens is 1. The summed E-state index contributed by atoms with van der Waals surface area (Å²) in [5.74, 6) is 0.659. The van der Waals surface area contributed by atoms with Crippen LogP contribution in [0.4, 0.5) is 0 Å². The summed E-state index contributed by atoms with van der Waals surface area (Å²) in [6, 6.07) is 7.09. The van der Waals surface area contributed by atoms with E-state index in [0.717, 1.165) is 0 Å². The smallest absolute Gasteiger partial charge is 0.213 e. The molecule has 0 fully saturated rings. The topological polar surface area (TPSA) is 46.6 Å². The maximum atomic E-state index is 11.5. The van der Waals surface area contributed by atoms with Crippen LogP contribution in [-0.4, -0.2) is 38.7 Å². The minimum absolute atomic E-state index is 0.0929. The summed E-state index contributed by atoms with van der Waals surface area (Å²) < 4.78 is 29.6. The van der Waals surface area contributed by atoms with Gasteiger partial charge in [-0.1, -0.05) is 23.7 Å². The van der Waals surface area contributed by atoms with Crippen molar-refractivity contribution in [2.45, 2.75) is 6.92 Å². The normalized spacial score (nSPS) is 11.8. The van der Waals surface area contributed by atoms with E-state index < -0.39 is 10.0 Å². The molecule has 0 heterocycles. The van der Waals surface area contributed by atoms with E-state index >= 15 is 0 Å². The van der Waals surface area contributed by atoms with Gasteiger partial charge >= 0.3 is 0 Å². The highest BCUT2D eigenvalue weighted by Gasteiger charge is 2.14. The highest BCUT2D eigenvalue weighted by molar-refractivity contribution is 7.89. The zero-order chi connectivity index (χ0) is 12.9. The predicted octanol–water partition coefficient (Wildman–Crippen LogP) is 2.00. The molecule has 0 saturated carbocycles. The van der Waals surface area contributed by atoms with Gasteiger partial charge in [-0.3, -0.25) is 0 Å². The van der Waals surface area contributed by atoms with E-state index in [1.165, 1.54) is 11.4 Å². The van der Waals surface area contributed by atoms with Gasteiger partial charge in [-0.25, -0.2) is 12.7 Å². The Hall–Kier alpha value is -0.780. The third-order valence-corrected chi connectivity index (χ3v) is 4.51. The van der Waals surface area contributed by atoms with Crippen molar-refractivity contribution in [1.29, 1.82) is 0 Å². The molecule has 0 aromatic heterocycles. The molecule has 4 nitrogen and oxygen atoms in total. The Morgan fingerprint density at radius 3 is 2.59 bits per heavy atom. The first-order valence-electron chi connectivity index (χ1n) is 5.28. The summed E-state index contributed by atoms with van der Waals surface area (Å²) >= 11 is 5.90. The standard InChI is InChI=1S/C11H16ClNO3S/c1-3-17(14,15)13(2)8-9-16-11-7-5-4-6-10(11)12/h4-7H,3,8-9H2,1-2H3. The summed E-state index contributed by atoms with van der Waals surface area (Å²) in [4.78, 5) is 0. The highest BCUT2D eigenvalue weighted by atomic mass is 35.5. The summed E-state index contributed by atoms with van der Waals surface area (Å²) in [6.45, 7) is 2.20. The van der Waals surface area contributed by atoms with Crippen LogP contribution in [0.15, 0.2) is 24.3 Å². The average Bonchev–Trinajstić information content (AvgIpc) is 2.31. The minimum atomic E-state index is -3.14. The van der Waals surface area contributed by atoms with Crippen molar-refractivity contribution >= 4 is 21.6 Å². The van der Waals surface area contributed by atoms with Gasteiger partial charge in [0.2, 0.25) is 10.0 Å². The number of rotatable bonds is 6. The monoisotopic (exact) mass is 277 g/mol. The van der Waals surface area contributed by atoms with E-state index in [1.807, 2.05) is 12.1 Å². The Bertz CT molecular complexity index is 462. The molecule has 0 bridgehead atoms. The third-order valence-electron chi connectivity index (χ3n) is 2.34. The second kappa shape index (κ2) is 6.23. The van der Waals surface area contributed by atoms with Crippen molar-refractivity contribution in [3.8, 4) is 5.75 Å². The van der Waals surface area contributed by atoms with Crippen molar-refractivity contribution < 1.29 is 13.2 Å². The second-order valence-corrected chi connectivity index (χ2v) is 6.27. The molecule has 96 valence electrons. The van der Waals surface area contributed by atoms with E-state index in [1.54, 1.807) is 19.1 Å². The van der Waals surface area contributed by atoms with E-state index in [9.17, 15) is 8.42 Å². The van der Waals surface area contributed by atoms with Crippen LogP contribution >= 0.6 is 11.6 Å². The fourth-order valence-corrected chi connectivity index (χ4v) is 2.19. The summed E-state index contributed by atoms with van der Waals surface area (Å²) in [5.41, 5.74) is 0. The predicted molar refractivity (Wildman–Crippen MR) is 69.0 cm³/mol. The Labute approximate surface area is 107 Å². The molecule has 0 aliphatic carbocycles. The number of sulfonamides is 1. The van der Waals surface area contributed by atoms with Gasteiger partial charge in [0.05, 0.1) is 10.8 Å². The molecule has 6 heteroatoms. The zero-order valence-corrected chi connectivity index (χ0v) is 11.5. The SMILES string of the molecule is CCS(=O)(=O)N(C)CCOc1ccccc1Cl. The van der Waals surface area contributed by atoms with E-state index in [2.05, 4.69) is 0 Å². The number of benzene rings is 1. The first kappa shape index (κ1) is 14.3. The van der Waals surface area contributed by atoms with E-state index in [4.69, 9.17) is 16.3 Å². The Morgan fingerprint density at radius 2 is 2.00 bits per heavy atom. The minimum Gasteiger partial charge on any atom is -0.491 e. The van der Waals surface area contributed by atoms with Crippen LogP contribution in [-0.2, 0) is 10.0 Å². The number of hydrogen-bond acceptors (Lipinski definition) is 3. The molecule has 0 radical (unpaired) electrons. The molecule has 1 aromatic carbocycles. The van der Waals surface area contributed by atoms with Gasteiger partial charge in [0.1, 0.15) is 12.4 Å². The number of para-hydroxylation sites is 1. The second-order valence-electron chi connectivity index (χ2n) is 3.50. The number of hydrogen-bond donors (Lipinski definition) is 0. The Kier molecular flexibility index (Phi) is 5.24. The summed E-state index contributed by atoms with van der Waals surface area (Å²) in [6.07, 6.45) is 0. The lowest BCUT2D eigenvalue weighted by Gasteiger charge is -2.16. The van der Waals surface area contributed by atoms with Gasteiger partial charge in [-0.15, -0.1) is 0 Å². The van der Waals surface area contributed by atoms with Crippen molar-refractivity contribution in [2.24, 2.45) is 0 Å². The lowest BCUT2D eigenvalue weighted by atomic mass is 10.3.